The van der Waals surface area contributed by atoms with Gasteiger partial charge in [-0.05, 0) is 75.6 Å². The lowest BCUT2D eigenvalue weighted by molar-refractivity contribution is -0.385. The first-order valence-corrected chi connectivity index (χ1v) is 11.9. The van der Waals surface area contributed by atoms with E-state index < -0.39 is 43.2 Å². The minimum atomic E-state index is -4.62. The number of nitro groups is 1. The van der Waals surface area contributed by atoms with E-state index in [1.807, 2.05) is 0 Å². The van der Waals surface area contributed by atoms with E-state index in [1.54, 1.807) is 0 Å². The number of carbonyl (C=O) groups excluding carboxylic acids is 1. The Kier molecular flexibility index (Phi) is 7.36. The molecule has 0 radical (unpaired) electrons. The summed E-state index contributed by atoms with van der Waals surface area (Å²) in [6.07, 6.45) is -3.33. The number of benzene rings is 3. The molecule has 184 valence electrons. The van der Waals surface area contributed by atoms with Crippen molar-refractivity contribution in [3.8, 4) is 17.2 Å². The van der Waals surface area contributed by atoms with Crippen LogP contribution in [0.3, 0.4) is 0 Å². The van der Waals surface area contributed by atoms with Crippen LogP contribution in [-0.2, 0) is 6.18 Å². The van der Waals surface area contributed by atoms with E-state index in [1.165, 1.54) is 37.6 Å². The van der Waals surface area contributed by atoms with Gasteiger partial charge in [-0.1, -0.05) is 11.6 Å². The third-order valence-corrected chi connectivity index (χ3v) is 7.63. The van der Waals surface area contributed by atoms with Gasteiger partial charge < -0.3 is 9.47 Å². The monoisotopic (exact) mass is 528 g/mol. The first kappa shape index (κ1) is 26.0. The summed E-state index contributed by atoms with van der Waals surface area (Å²) in [5, 5.41) is 10.3. The Balaban J connectivity index is 2.04. The van der Waals surface area contributed by atoms with Gasteiger partial charge in [0.1, 0.15) is 22.8 Å². The molecule has 0 aliphatic carbocycles. The summed E-state index contributed by atoms with van der Waals surface area (Å²) in [6, 6.07) is 11.5. The number of rotatable bonds is 7. The van der Waals surface area contributed by atoms with Crippen LogP contribution >= 0.6 is 21.8 Å². The minimum Gasteiger partial charge on any atom is -0.497 e. The highest BCUT2D eigenvalue weighted by Crippen LogP contribution is 2.57. The molecule has 0 N–H and O–H groups in total. The van der Waals surface area contributed by atoms with Crippen LogP contribution in [0, 0.1) is 15.0 Å². The molecule has 8 nitrogen and oxygen atoms in total. The van der Waals surface area contributed by atoms with Crippen LogP contribution in [0.2, 0.25) is 5.02 Å². The number of nitroso groups, excluding NO2 is 1. The normalized spacial score (nSPS) is 13.9. The molecule has 0 heterocycles. The third kappa shape index (κ3) is 5.38. The summed E-state index contributed by atoms with van der Waals surface area (Å²) in [5.41, 5.74) is -2.05. The molecule has 0 aliphatic rings. The second kappa shape index (κ2) is 9.92. The van der Waals surface area contributed by atoms with Crippen molar-refractivity contribution in [1.29, 1.82) is 0 Å². The van der Waals surface area contributed by atoms with E-state index in [-0.39, 0.29) is 21.4 Å². The second-order valence-corrected chi connectivity index (χ2v) is 10.2. The Hall–Kier alpha value is -3.64. The van der Waals surface area contributed by atoms with Gasteiger partial charge in [-0.25, -0.2) is 0 Å². The SMILES string of the molecule is COc1ccc(S(C)(N=O)C(=O)c2cc(Oc3ccc(C(F)(F)F)cc3Cl)ccc2[N+](=O)[O-])cc1. The maximum atomic E-state index is 13.4. The number of hydrogen-bond acceptors (Lipinski definition) is 7. The lowest BCUT2D eigenvalue weighted by Gasteiger charge is -2.25. The van der Waals surface area contributed by atoms with Crippen molar-refractivity contribution >= 4 is 32.6 Å². The maximum Gasteiger partial charge on any atom is 0.416 e. The van der Waals surface area contributed by atoms with Crippen LogP contribution in [-0.4, -0.2) is 23.4 Å². The van der Waals surface area contributed by atoms with Gasteiger partial charge in [0, 0.05) is 11.0 Å². The molecular formula is C22H16ClF3N2O6S. The van der Waals surface area contributed by atoms with E-state index in [2.05, 4.69) is 4.58 Å². The molecule has 0 aromatic heterocycles. The van der Waals surface area contributed by atoms with Crippen molar-refractivity contribution < 1.29 is 32.4 Å². The average Bonchev–Trinajstić information content (AvgIpc) is 2.83. The molecular weight excluding hydrogens is 513 g/mol. The van der Waals surface area contributed by atoms with Gasteiger partial charge in [-0.3, -0.25) is 14.9 Å². The number of alkyl halides is 3. The smallest absolute Gasteiger partial charge is 0.416 e. The fraction of sp³-hybridized carbons (Fsp3) is 0.136. The summed E-state index contributed by atoms with van der Waals surface area (Å²) in [5.74, 6) is 0.164. The van der Waals surface area contributed by atoms with Crippen LogP contribution in [0.25, 0.3) is 0 Å². The van der Waals surface area contributed by atoms with E-state index in [9.17, 15) is 33.0 Å². The third-order valence-electron chi connectivity index (χ3n) is 4.90. The Labute approximate surface area is 203 Å². The standard InChI is InChI=1S/C22H16ClF3N2O6S/c1-33-14-4-7-16(8-5-14)35(2,27-30)21(29)17-12-15(6-9-19(17)28(31)32)34-20-10-3-13(11-18(20)23)22(24,25)26/h3-12H,1-2H3. The molecule has 3 rings (SSSR count). The number of halogens is 4. The molecule has 0 saturated heterocycles. The van der Waals surface area contributed by atoms with Crippen LogP contribution in [0.4, 0.5) is 18.9 Å². The molecule has 1 atom stereocenters. The number of hydrogen-bond donors (Lipinski definition) is 0. The molecule has 0 bridgehead atoms. The fourth-order valence-corrected chi connectivity index (χ4v) is 4.87. The number of methoxy groups -OCH3 is 1. The average molecular weight is 529 g/mol. The molecule has 0 saturated carbocycles. The summed E-state index contributed by atoms with van der Waals surface area (Å²) in [4.78, 5) is 36.3. The van der Waals surface area contributed by atoms with Gasteiger partial charge in [-0.2, -0.15) is 13.2 Å². The zero-order valence-corrected chi connectivity index (χ0v) is 19.6. The molecule has 0 spiro atoms. The zero-order valence-electron chi connectivity index (χ0n) is 18.0. The quantitative estimate of drug-likeness (QED) is 0.180. The van der Waals surface area contributed by atoms with Gasteiger partial charge >= 0.3 is 6.18 Å². The van der Waals surface area contributed by atoms with E-state index >= 15 is 0 Å². The first-order valence-electron chi connectivity index (χ1n) is 9.55. The summed E-state index contributed by atoms with van der Waals surface area (Å²) < 4.78 is 52.2. The topological polar surface area (TPSA) is 108 Å². The van der Waals surface area contributed by atoms with Gasteiger partial charge in [-0.15, -0.1) is 4.91 Å². The first-order chi connectivity index (χ1) is 16.4. The van der Waals surface area contributed by atoms with E-state index in [0.29, 0.717) is 11.8 Å². The van der Waals surface area contributed by atoms with Crippen molar-refractivity contribution in [2.45, 2.75) is 11.1 Å². The molecule has 0 amide bonds. The maximum absolute atomic E-state index is 13.4. The molecule has 3 aromatic carbocycles. The van der Waals surface area contributed by atoms with Crippen molar-refractivity contribution in [3.05, 3.63) is 91.8 Å². The van der Waals surface area contributed by atoms with Gasteiger partial charge in [0.15, 0.2) is 0 Å². The van der Waals surface area contributed by atoms with Crippen molar-refractivity contribution in [2.24, 2.45) is 4.58 Å². The number of carbonyl (C=O) groups is 1. The van der Waals surface area contributed by atoms with E-state index in [0.717, 1.165) is 30.3 Å². The highest BCUT2D eigenvalue weighted by Gasteiger charge is 2.37. The summed E-state index contributed by atoms with van der Waals surface area (Å²) >= 11 is 5.91. The lowest BCUT2D eigenvalue weighted by atomic mass is 10.2. The predicted octanol–water partition coefficient (Wildman–Crippen LogP) is 7.38. The van der Waals surface area contributed by atoms with Crippen molar-refractivity contribution in [3.63, 3.8) is 0 Å². The number of nitrogens with zero attached hydrogens (tertiary/aromatic N) is 2. The molecule has 3 aromatic rings. The molecule has 1 unspecified atom stereocenters. The molecule has 0 aliphatic heterocycles. The Bertz CT molecular complexity index is 1300. The van der Waals surface area contributed by atoms with Gasteiger partial charge in [0.05, 0.1) is 22.6 Å². The predicted molar refractivity (Wildman–Crippen MR) is 125 cm³/mol. The van der Waals surface area contributed by atoms with Crippen LogP contribution in [0.5, 0.6) is 17.2 Å². The molecule has 35 heavy (non-hydrogen) atoms. The van der Waals surface area contributed by atoms with E-state index in [4.69, 9.17) is 21.1 Å². The summed E-state index contributed by atoms with van der Waals surface area (Å²) in [7, 11) is -1.69. The van der Waals surface area contributed by atoms with Crippen LogP contribution in [0.15, 0.2) is 70.1 Å². The minimum absolute atomic E-state index is 0.122. The number of nitro benzene ring substituents is 1. The lowest BCUT2D eigenvalue weighted by Crippen LogP contribution is -2.12. The Morgan fingerprint density at radius 1 is 1.06 bits per heavy atom. The van der Waals surface area contributed by atoms with Crippen LogP contribution < -0.4 is 9.47 Å². The van der Waals surface area contributed by atoms with Crippen LogP contribution in [0.1, 0.15) is 15.9 Å². The number of ether oxygens (including phenoxy) is 2. The Morgan fingerprint density at radius 2 is 1.69 bits per heavy atom. The second-order valence-electron chi connectivity index (χ2n) is 7.09. The largest absolute Gasteiger partial charge is 0.497 e. The highest BCUT2D eigenvalue weighted by atomic mass is 35.5. The van der Waals surface area contributed by atoms with Gasteiger partial charge in [0.2, 0.25) is 5.12 Å². The summed E-state index contributed by atoms with van der Waals surface area (Å²) in [6.45, 7) is 0. The fourth-order valence-electron chi connectivity index (χ4n) is 3.03. The molecule has 13 heteroatoms. The van der Waals surface area contributed by atoms with Crippen molar-refractivity contribution in [2.75, 3.05) is 13.4 Å². The highest BCUT2D eigenvalue weighted by molar-refractivity contribution is 8.44. The van der Waals surface area contributed by atoms with Gasteiger partial charge in [0.25, 0.3) is 5.69 Å². The zero-order chi connectivity index (χ0) is 26.0. The molecule has 0 fully saturated rings. The Morgan fingerprint density at radius 3 is 2.20 bits per heavy atom. The van der Waals surface area contributed by atoms with Crippen molar-refractivity contribution in [1.82, 2.24) is 0 Å².